The van der Waals surface area contributed by atoms with Gasteiger partial charge in [0.1, 0.15) is 23.9 Å². The Morgan fingerprint density at radius 3 is 2.67 bits per heavy atom. The topological polar surface area (TPSA) is 73.2 Å². The van der Waals surface area contributed by atoms with Crippen molar-refractivity contribution in [2.24, 2.45) is 0 Å². The fraction of sp³-hybridized carbons (Fsp3) is 0.150. The zero-order chi connectivity index (χ0) is 19.2. The molecule has 0 bridgehead atoms. The van der Waals surface area contributed by atoms with E-state index in [1.54, 1.807) is 25.1 Å². The molecule has 0 aliphatic carbocycles. The first-order chi connectivity index (χ1) is 13.0. The number of nitrogens with zero attached hydrogens (tertiary/aromatic N) is 2. The van der Waals surface area contributed by atoms with Crippen molar-refractivity contribution >= 4 is 11.6 Å². The molecule has 0 atom stereocenters. The van der Waals surface area contributed by atoms with Crippen LogP contribution < -0.4 is 15.6 Å². The molecule has 0 fully saturated rings. The fourth-order valence-electron chi connectivity index (χ4n) is 2.40. The van der Waals surface area contributed by atoms with Crippen LogP contribution in [-0.4, -0.2) is 22.3 Å². The minimum Gasteiger partial charge on any atom is -0.492 e. The molecule has 0 saturated heterocycles. The van der Waals surface area contributed by atoms with Gasteiger partial charge in [-0.3, -0.25) is 9.59 Å². The Labute approximate surface area is 155 Å². The summed E-state index contributed by atoms with van der Waals surface area (Å²) in [5.74, 6) is -0.460. The maximum absolute atomic E-state index is 13.9. The number of aromatic nitrogens is 2. The maximum Gasteiger partial charge on any atom is 0.276 e. The third-order valence-electron chi connectivity index (χ3n) is 3.79. The van der Waals surface area contributed by atoms with Gasteiger partial charge in [-0.1, -0.05) is 24.3 Å². The van der Waals surface area contributed by atoms with Gasteiger partial charge in [-0.15, -0.1) is 0 Å². The van der Waals surface area contributed by atoms with E-state index in [9.17, 15) is 14.0 Å². The minimum absolute atomic E-state index is 0.00860. The average Bonchev–Trinajstić information content (AvgIpc) is 2.66. The SMILES string of the molecule is Cc1ccc(NC(=O)c2ccc(=O)n(CCOc3ccccc3)n2)c(F)c1. The van der Waals surface area contributed by atoms with E-state index in [0.29, 0.717) is 5.75 Å². The zero-order valence-corrected chi connectivity index (χ0v) is 14.7. The van der Waals surface area contributed by atoms with Gasteiger partial charge in [-0.2, -0.15) is 5.10 Å². The number of carbonyl (C=O) groups is 1. The fourth-order valence-corrected chi connectivity index (χ4v) is 2.40. The second kappa shape index (κ2) is 8.27. The summed E-state index contributed by atoms with van der Waals surface area (Å²) in [6, 6.07) is 16.2. The molecule has 3 rings (SSSR count). The lowest BCUT2D eigenvalue weighted by molar-refractivity contribution is 0.101. The summed E-state index contributed by atoms with van der Waals surface area (Å²) < 4.78 is 20.6. The van der Waals surface area contributed by atoms with E-state index >= 15 is 0 Å². The lowest BCUT2D eigenvalue weighted by Gasteiger charge is -2.10. The molecule has 138 valence electrons. The largest absolute Gasteiger partial charge is 0.492 e. The van der Waals surface area contributed by atoms with Crippen LogP contribution in [0.4, 0.5) is 10.1 Å². The third-order valence-corrected chi connectivity index (χ3v) is 3.79. The molecular weight excluding hydrogens is 349 g/mol. The molecule has 0 unspecified atom stereocenters. The predicted molar refractivity (Wildman–Crippen MR) is 99.5 cm³/mol. The Hall–Kier alpha value is -3.48. The quantitative estimate of drug-likeness (QED) is 0.727. The van der Waals surface area contributed by atoms with Gasteiger partial charge in [0.05, 0.1) is 12.2 Å². The number of carbonyl (C=O) groups excluding carboxylic acids is 1. The smallest absolute Gasteiger partial charge is 0.276 e. The molecule has 1 heterocycles. The first-order valence-electron chi connectivity index (χ1n) is 8.36. The van der Waals surface area contributed by atoms with Crippen molar-refractivity contribution in [2.45, 2.75) is 13.5 Å². The van der Waals surface area contributed by atoms with Gasteiger partial charge >= 0.3 is 0 Å². The summed E-state index contributed by atoms with van der Waals surface area (Å²) >= 11 is 0. The number of hydrogen-bond donors (Lipinski definition) is 1. The number of para-hydroxylation sites is 1. The molecule has 0 aliphatic rings. The van der Waals surface area contributed by atoms with Crippen LogP contribution in [0.3, 0.4) is 0 Å². The van der Waals surface area contributed by atoms with Crippen LogP contribution in [0.5, 0.6) is 5.75 Å². The van der Waals surface area contributed by atoms with Crippen LogP contribution in [0.25, 0.3) is 0 Å². The Balaban J connectivity index is 1.68. The predicted octanol–water partition coefficient (Wildman–Crippen LogP) is 3.02. The Morgan fingerprint density at radius 1 is 1.15 bits per heavy atom. The van der Waals surface area contributed by atoms with Crippen LogP contribution in [0.15, 0.2) is 65.5 Å². The summed E-state index contributed by atoms with van der Waals surface area (Å²) in [6.45, 7) is 2.14. The van der Waals surface area contributed by atoms with E-state index in [1.807, 2.05) is 18.2 Å². The van der Waals surface area contributed by atoms with E-state index in [2.05, 4.69) is 10.4 Å². The number of halogens is 1. The molecule has 27 heavy (non-hydrogen) atoms. The van der Waals surface area contributed by atoms with Crippen molar-refractivity contribution in [1.82, 2.24) is 9.78 Å². The molecule has 3 aromatic rings. The number of nitrogens with one attached hydrogen (secondary N) is 1. The van der Waals surface area contributed by atoms with Crippen LogP contribution in [-0.2, 0) is 6.54 Å². The molecule has 0 aliphatic heterocycles. The number of ether oxygens (including phenoxy) is 1. The number of amides is 1. The van der Waals surface area contributed by atoms with Crippen molar-refractivity contribution in [2.75, 3.05) is 11.9 Å². The van der Waals surface area contributed by atoms with Crippen molar-refractivity contribution in [1.29, 1.82) is 0 Å². The molecule has 7 heteroatoms. The van der Waals surface area contributed by atoms with Crippen molar-refractivity contribution in [3.63, 3.8) is 0 Å². The highest BCUT2D eigenvalue weighted by molar-refractivity contribution is 6.02. The summed E-state index contributed by atoms with van der Waals surface area (Å²) in [5, 5.41) is 6.50. The summed E-state index contributed by atoms with van der Waals surface area (Å²) in [7, 11) is 0. The normalized spacial score (nSPS) is 10.4. The van der Waals surface area contributed by atoms with Gasteiger partial charge in [0.15, 0.2) is 0 Å². The molecule has 2 aromatic carbocycles. The number of anilines is 1. The van der Waals surface area contributed by atoms with Gasteiger partial charge < -0.3 is 10.1 Å². The van der Waals surface area contributed by atoms with Crippen molar-refractivity contribution in [3.8, 4) is 5.75 Å². The van der Waals surface area contributed by atoms with Gasteiger partial charge in [0, 0.05) is 6.07 Å². The molecule has 1 amide bonds. The van der Waals surface area contributed by atoms with E-state index in [-0.39, 0.29) is 30.1 Å². The molecule has 0 spiro atoms. The lowest BCUT2D eigenvalue weighted by atomic mass is 10.2. The van der Waals surface area contributed by atoms with E-state index < -0.39 is 11.7 Å². The Morgan fingerprint density at radius 2 is 1.93 bits per heavy atom. The van der Waals surface area contributed by atoms with Crippen LogP contribution in [0, 0.1) is 12.7 Å². The van der Waals surface area contributed by atoms with E-state index in [4.69, 9.17) is 4.74 Å². The number of rotatable bonds is 6. The first-order valence-corrected chi connectivity index (χ1v) is 8.36. The highest BCUT2D eigenvalue weighted by Crippen LogP contribution is 2.16. The van der Waals surface area contributed by atoms with Crippen molar-refractivity contribution < 1.29 is 13.9 Å². The maximum atomic E-state index is 13.9. The van der Waals surface area contributed by atoms with E-state index in [1.165, 1.54) is 24.3 Å². The third kappa shape index (κ3) is 4.78. The molecule has 6 nitrogen and oxygen atoms in total. The van der Waals surface area contributed by atoms with Gasteiger partial charge in [0.2, 0.25) is 0 Å². The molecule has 1 N–H and O–H groups in total. The molecule has 0 saturated carbocycles. The van der Waals surface area contributed by atoms with E-state index in [0.717, 1.165) is 10.2 Å². The monoisotopic (exact) mass is 367 g/mol. The highest BCUT2D eigenvalue weighted by atomic mass is 19.1. The van der Waals surface area contributed by atoms with Crippen LogP contribution in [0.2, 0.25) is 0 Å². The number of aryl methyl sites for hydroxylation is 1. The summed E-state index contributed by atoms with van der Waals surface area (Å²) in [4.78, 5) is 24.3. The average molecular weight is 367 g/mol. The highest BCUT2D eigenvalue weighted by Gasteiger charge is 2.12. The minimum atomic E-state index is -0.601. The van der Waals surface area contributed by atoms with Gasteiger partial charge in [0.25, 0.3) is 11.5 Å². The summed E-state index contributed by atoms with van der Waals surface area (Å²) in [5.41, 5.74) is 0.451. The van der Waals surface area contributed by atoms with Gasteiger partial charge in [-0.25, -0.2) is 9.07 Å². The van der Waals surface area contributed by atoms with Crippen LogP contribution in [0.1, 0.15) is 16.1 Å². The van der Waals surface area contributed by atoms with Gasteiger partial charge in [-0.05, 0) is 42.8 Å². The number of benzene rings is 2. The Kier molecular flexibility index (Phi) is 5.61. The number of hydrogen-bond acceptors (Lipinski definition) is 4. The molecule has 1 aromatic heterocycles. The Bertz CT molecular complexity index is 1000. The summed E-state index contributed by atoms with van der Waals surface area (Å²) in [6.07, 6.45) is 0. The molecular formula is C20H18FN3O3. The van der Waals surface area contributed by atoms with Crippen LogP contribution >= 0.6 is 0 Å². The first kappa shape index (κ1) is 18.3. The molecule has 0 radical (unpaired) electrons. The zero-order valence-electron chi connectivity index (χ0n) is 14.7. The second-order valence-electron chi connectivity index (χ2n) is 5.88. The van der Waals surface area contributed by atoms with Crippen molar-refractivity contribution in [3.05, 3.63) is 88.1 Å². The second-order valence-corrected chi connectivity index (χ2v) is 5.88. The lowest BCUT2D eigenvalue weighted by Crippen LogP contribution is -2.28. The standard InChI is InChI=1S/C20H18FN3O3/c1-14-7-8-17(16(21)13-14)22-20(26)18-9-10-19(25)24(23-18)11-12-27-15-5-3-2-4-6-15/h2-10,13H,11-12H2,1H3,(H,22,26).